The minimum absolute atomic E-state index is 0.310. The zero-order chi connectivity index (χ0) is 5.98. The highest BCUT2D eigenvalue weighted by Gasteiger charge is 2.24. The number of terminal acetylenes is 1. The van der Waals surface area contributed by atoms with Gasteiger partial charge in [-0.2, -0.15) is 0 Å². The molecule has 0 aromatic carbocycles. The van der Waals surface area contributed by atoms with Crippen LogP contribution in [0.15, 0.2) is 0 Å². The van der Waals surface area contributed by atoms with Crippen LogP contribution in [0.2, 0.25) is 0 Å². The second-order valence-electron chi connectivity index (χ2n) is 1.49. The molecule has 0 aromatic rings. The van der Waals surface area contributed by atoms with Crippen LogP contribution in [0.5, 0.6) is 0 Å². The van der Waals surface area contributed by atoms with Gasteiger partial charge in [0.1, 0.15) is 6.10 Å². The fraction of sp³-hybridized carbons (Fsp3) is 0.600. The Hall–Kier alpha value is -0.200. The number of rotatable bonds is 0. The van der Waals surface area contributed by atoms with Gasteiger partial charge in [0, 0.05) is 18.5 Å². The maximum atomic E-state index is 12.1. The van der Waals surface area contributed by atoms with E-state index in [1.807, 2.05) is 0 Å². The lowest BCUT2D eigenvalue weighted by Crippen LogP contribution is -1.99. The van der Waals surface area contributed by atoms with E-state index in [4.69, 9.17) is 10.6 Å². The monoisotopic (exact) mass is 132 g/mol. The summed E-state index contributed by atoms with van der Waals surface area (Å²) < 4.78 is 16.8. The lowest BCUT2D eigenvalue weighted by atomic mass is 10.3. The van der Waals surface area contributed by atoms with Gasteiger partial charge in [-0.3, -0.25) is 4.18 Å². The molecule has 1 fully saturated rings. The second-order valence-corrected chi connectivity index (χ2v) is 2.39. The molecular formula is C5H5FOS. The Labute approximate surface area is 51.8 Å². The molecule has 1 saturated heterocycles. The summed E-state index contributed by atoms with van der Waals surface area (Å²) in [5.41, 5.74) is -0.920. The highest BCUT2D eigenvalue weighted by atomic mass is 32.2. The summed E-state index contributed by atoms with van der Waals surface area (Å²) in [5.74, 6) is 2.31. The van der Waals surface area contributed by atoms with Crippen LogP contribution >= 0.6 is 12.0 Å². The Balaban J connectivity index is 2.35. The molecule has 0 radical (unpaired) electrons. The molecule has 3 heteroatoms. The van der Waals surface area contributed by atoms with Gasteiger partial charge in [-0.25, -0.2) is 4.39 Å². The molecule has 2 atom stereocenters. The van der Waals surface area contributed by atoms with Gasteiger partial charge < -0.3 is 0 Å². The number of halogens is 1. The first-order valence-electron chi connectivity index (χ1n) is 2.25. The fourth-order valence-electron chi connectivity index (χ4n) is 0.470. The van der Waals surface area contributed by atoms with Crippen LogP contribution in [0.3, 0.4) is 0 Å². The van der Waals surface area contributed by atoms with Crippen LogP contribution in [0.4, 0.5) is 4.39 Å². The van der Waals surface area contributed by atoms with E-state index in [9.17, 15) is 4.39 Å². The molecule has 0 aromatic heterocycles. The van der Waals surface area contributed by atoms with Gasteiger partial charge in [0.25, 0.3) is 0 Å². The van der Waals surface area contributed by atoms with Crippen LogP contribution in [-0.2, 0) is 4.18 Å². The number of alkyl halides is 1. The quantitative estimate of drug-likeness (QED) is 0.363. The molecule has 1 aliphatic rings. The predicted molar refractivity (Wildman–Crippen MR) is 30.8 cm³/mol. The van der Waals surface area contributed by atoms with Crippen molar-refractivity contribution >= 4 is 12.0 Å². The van der Waals surface area contributed by atoms with E-state index in [1.165, 1.54) is 0 Å². The van der Waals surface area contributed by atoms with Crippen LogP contribution in [0, 0.1) is 12.3 Å². The van der Waals surface area contributed by atoms with Gasteiger partial charge in [0.15, 0.2) is 5.50 Å². The number of hydrogen-bond acceptors (Lipinski definition) is 2. The van der Waals surface area contributed by atoms with Crippen LogP contribution in [0.25, 0.3) is 0 Å². The van der Waals surface area contributed by atoms with Gasteiger partial charge in [-0.05, 0) is 0 Å². The first-order valence-corrected chi connectivity index (χ1v) is 3.05. The molecule has 0 spiro atoms. The maximum Gasteiger partial charge on any atom is 0.174 e. The minimum Gasteiger partial charge on any atom is -0.296 e. The van der Waals surface area contributed by atoms with Crippen molar-refractivity contribution in [3.8, 4) is 12.3 Å². The standard InChI is InChI=1S/C5H5FOS/c1-2-4-3-5(6)8-7-4/h1,4-5H,3H2. The molecule has 8 heavy (non-hydrogen) atoms. The first-order chi connectivity index (χ1) is 3.83. The van der Waals surface area contributed by atoms with Crippen LogP contribution in [-0.4, -0.2) is 11.6 Å². The van der Waals surface area contributed by atoms with Crippen molar-refractivity contribution in [2.24, 2.45) is 0 Å². The Morgan fingerprint density at radius 2 is 2.62 bits per heavy atom. The minimum atomic E-state index is -0.920. The van der Waals surface area contributed by atoms with Crippen molar-refractivity contribution in [3.63, 3.8) is 0 Å². The second kappa shape index (κ2) is 2.38. The molecule has 1 nitrogen and oxygen atoms in total. The van der Waals surface area contributed by atoms with E-state index >= 15 is 0 Å². The van der Waals surface area contributed by atoms with Gasteiger partial charge in [0.05, 0.1) is 0 Å². The molecule has 0 amide bonds. The average Bonchev–Trinajstić information content (AvgIpc) is 2.14. The van der Waals surface area contributed by atoms with Crippen molar-refractivity contribution < 1.29 is 8.57 Å². The van der Waals surface area contributed by atoms with Crippen molar-refractivity contribution in [3.05, 3.63) is 0 Å². The molecule has 0 N–H and O–H groups in total. The van der Waals surface area contributed by atoms with E-state index in [0.717, 1.165) is 12.0 Å². The molecule has 0 saturated carbocycles. The van der Waals surface area contributed by atoms with Crippen molar-refractivity contribution in [2.45, 2.75) is 18.0 Å². The summed E-state index contributed by atoms with van der Waals surface area (Å²) >= 11 is 0.821. The van der Waals surface area contributed by atoms with E-state index < -0.39 is 5.50 Å². The van der Waals surface area contributed by atoms with Gasteiger partial charge in [-0.1, -0.05) is 5.92 Å². The fourth-order valence-corrected chi connectivity index (χ4v) is 1.11. The summed E-state index contributed by atoms with van der Waals surface area (Å²) in [6, 6.07) is 0. The van der Waals surface area contributed by atoms with Crippen molar-refractivity contribution in [2.75, 3.05) is 0 Å². The Morgan fingerprint density at radius 1 is 1.88 bits per heavy atom. The summed E-state index contributed by atoms with van der Waals surface area (Å²) in [6.07, 6.45) is 4.97. The summed E-state index contributed by atoms with van der Waals surface area (Å²) in [6.45, 7) is 0. The Morgan fingerprint density at radius 3 is 2.88 bits per heavy atom. The lowest BCUT2D eigenvalue weighted by molar-refractivity contribution is 0.312. The Bertz CT molecular complexity index is 120. The van der Waals surface area contributed by atoms with E-state index in [2.05, 4.69) is 5.92 Å². The highest BCUT2D eigenvalue weighted by Crippen LogP contribution is 2.29. The third kappa shape index (κ3) is 1.15. The topological polar surface area (TPSA) is 9.23 Å². The molecule has 1 rings (SSSR count). The molecule has 1 heterocycles. The SMILES string of the molecule is C#CC1CC(F)SO1. The highest BCUT2D eigenvalue weighted by molar-refractivity contribution is 7.95. The third-order valence-corrected chi connectivity index (χ3v) is 1.61. The van der Waals surface area contributed by atoms with Gasteiger partial charge in [0.2, 0.25) is 0 Å². The molecule has 0 aliphatic carbocycles. The zero-order valence-electron chi connectivity index (χ0n) is 4.13. The third-order valence-electron chi connectivity index (χ3n) is 0.861. The first kappa shape index (κ1) is 5.93. The van der Waals surface area contributed by atoms with E-state index in [0.29, 0.717) is 6.42 Å². The smallest absolute Gasteiger partial charge is 0.174 e. The lowest BCUT2D eigenvalue weighted by Gasteiger charge is -1.91. The largest absolute Gasteiger partial charge is 0.296 e. The normalized spacial score (nSPS) is 37.0. The molecule has 44 valence electrons. The average molecular weight is 132 g/mol. The van der Waals surface area contributed by atoms with E-state index in [1.54, 1.807) is 0 Å². The summed E-state index contributed by atoms with van der Waals surface area (Å²) in [7, 11) is 0. The summed E-state index contributed by atoms with van der Waals surface area (Å²) in [4.78, 5) is 0. The zero-order valence-corrected chi connectivity index (χ0v) is 4.95. The molecule has 0 bridgehead atoms. The van der Waals surface area contributed by atoms with E-state index in [-0.39, 0.29) is 6.10 Å². The van der Waals surface area contributed by atoms with Gasteiger partial charge >= 0.3 is 0 Å². The van der Waals surface area contributed by atoms with Gasteiger partial charge in [-0.15, -0.1) is 6.42 Å². The molecule has 1 aliphatic heterocycles. The summed E-state index contributed by atoms with van der Waals surface area (Å²) in [5, 5.41) is 0. The predicted octanol–water partition coefficient (Wildman–Crippen LogP) is 1.35. The van der Waals surface area contributed by atoms with Crippen LogP contribution < -0.4 is 0 Å². The maximum absolute atomic E-state index is 12.1. The molecular weight excluding hydrogens is 127 g/mol. The molecule has 2 unspecified atom stereocenters. The van der Waals surface area contributed by atoms with Crippen LogP contribution in [0.1, 0.15) is 6.42 Å². The Kier molecular flexibility index (Phi) is 1.77. The number of hydrogen-bond donors (Lipinski definition) is 0. The van der Waals surface area contributed by atoms with Crippen molar-refractivity contribution in [1.82, 2.24) is 0 Å². The van der Waals surface area contributed by atoms with Crippen molar-refractivity contribution in [1.29, 1.82) is 0 Å².